The van der Waals surface area contributed by atoms with Crippen LogP contribution >= 0.6 is 11.3 Å². The molecule has 0 bridgehead atoms. The fourth-order valence-electron chi connectivity index (χ4n) is 2.40. The third-order valence-electron chi connectivity index (χ3n) is 3.89. The molecule has 9 heteroatoms. The van der Waals surface area contributed by atoms with Crippen molar-refractivity contribution in [2.24, 2.45) is 0 Å². The zero-order valence-corrected chi connectivity index (χ0v) is 16.2. The van der Waals surface area contributed by atoms with Gasteiger partial charge in [0, 0.05) is 24.7 Å². The molecule has 7 nitrogen and oxygen atoms in total. The van der Waals surface area contributed by atoms with Gasteiger partial charge in [-0.1, -0.05) is 13.8 Å². The molecule has 132 valence electrons. The second-order valence-electron chi connectivity index (χ2n) is 5.38. The number of amides is 1. The summed E-state index contributed by atoms with van der Waals surface area (Å²) in [5.41, 5.74) is 8.37. The van der Waals surface area contributed by atoms with Crippen LogP contribution in [0, 0.1) is 13.8 Å². The molecule has 3 rings (SSSR count). The van der Waals surface area contributed by atoms with Crippen molar-refractivity contribution in [3.05, 3.63) is 16.1 Å². The first-order chi connectivity index (χ1) is 11.4. The van der Waals surface area contributed by atoms with Crippen molar-refractivity contribution < 1.29 is 9.00 Å². The Morgan fingerprint density at radius 2 is 1.96 bits per heavy atom. The first-order valence-electron chi connectivity index (χ1n) is 7.79. The summed E-state index contributed by atoms with van der Waals surface area (Å²) in [6, 6.07) is 0.00919. The SMILES string of the molecule is CC.Cc1nnc2sc(C(=O)NC3CN(S(C)=O)C3)c(N)c2c1C. The van der Waals surface area contributed by atoms with Crippen LogP contribution in [-0.2, 0) is 11.0 Å². The third kappa shape index (κ3) is 3.42. The van der Waals surface area contributed by atoms with Crippen molar-refractivity contribution in [2.45, 2.75) is 33.7 Å². The average molecular weight is 370 g/mol. The van der Waals surface area contributed by atoms with E-state index in [1.165, 1.54) is 11.3 Å². The standard InChI is InChI=1S/C13H17N5O2S2.C2H6/c1-6-7(2)16-17-13-9(6)10(14)11(21-13)12(19)15-8-4-18(5-8)22(3)20;1-2/h8H,4-5,14H2,1-3H3,(H,15,19);1-2H3. The molecule has 0 aromatic carbocycles. The molecule has 3 heterocycles. The van der Waals surface area contributed by atoms with Crippen LogP contribution < -0.4 is 11.1 Å². The lowest BCUT2D eigenvalue weighted by molar-refractivity contribution is 0.0904. The molecule has 1 aliphatic rings. The number of nitrogens with two attached hydrogens (primary N) is 1. The van der Waals surface area contributed by atoms with E-state index in [0.717, 1.165) is 16.6 Å². The van der Waals surface area contributed by atoms with Crippen LogP contribution in [0.3, 0.4) is 0 Å². The van der Waals surface area contributed by atoms with Gasteiger partial charge in [0.05, 0.1) is 28.4 Å². The van der Waals surface area contributed by atoms with Crippen LogP contribution in [0.25, 0.3) is 10.2 Å². The Hall–Kier alpha value is -1.58. The number of carbonyl (C=O) groups is 1. The lowest BCUT2D eigenvalue weighted by Gasteiger charge is -2.37. The number of carbonyl (C=O) groups excluding carboxylic acids is 1. The maximum atomic E-state index is 12.4. The lowest BCUT2D eigenvalue weighted by Crippen LogP contribution is -2.59. The van der Waals surface area contributed by atoms with E-state index in [4.69, 9.17) is 5.73 Å². The summed E-state index contributed by atoms with van der Waals surface area (Å²) in [6.45, 7) is 8.99. The van der Waals surface area contributed by atoms with Crippen molar-refractivity contribution in [3.63, 3.8) is 0 Å². The van der Waals surface area contributed by atoms with E-state index in [9.17, 15) is 9.00 Å². The first kappa shape index (κ1) is 18.8. The van der Waals surface area contributed by atoms with Crippen LogP contribution in [0.15, 0.2) is 0 Å². The van der Waals surface area contributed by atoms with Gasteiger partial charge < -0.3 is 11.1 Å². The number of nitrogens with one attached hydrogen (secondary N) is 1. The molecule has 0 aliphatic carbocycles. The van der Waals surface area contributed by atoms with E-state index in [1.807, 2.05) is 27.7 Å². The van der Waals surface area contributed by atoms with Crippen molar-refractivity contribution in [1.29, 1.82) is 0 Å². The molecule has 1 amide bonds. The molecular weight excluding hydrogens is 346 g/mol. The topological polar surface area (TPSA) is 101 Å². The molecule has 1 unspecified atom stereocenters. The molecule has 0 saturated carbocycles. The van der Waals surface area contributed by atoms with Gasteiger partial charge in [-0.3, -0.25) is 4.79 Å². The Balaban J connectivity index is 0.00000100. The monoisotopic (exact) mass is 369 g/mol. The van der Waals surface area contributed by atoms with Gasteiger partial charge in [-0.05, 0) is 19.4 Å². The highest BCUT2D eigenvalue weighted by Gasteiger charge is 2.31. The molecular formula is C15H23N5O2S2. The number of hydrogen-bond donors (Lipinski definition) is 2. The second kappa shape index (κ2) is 7.54. The number of rotatable bonds is 3. The van der Waals surface area contributed by atoms with Crippen LogP contribution in [0.4, 0.5) is 5.69 Å². The quantitative estimate of drug-likeness (QED) is 0.856. The Kier molecular flexibility index (Phi) is 5.89. The summed E-state index contributed by atoms with van der Waals surface area (Å²) in [4.78, 5) is 13.5. The van der Waals surface area contributed by atoms with Crippen molar-refractivity contribution in [3.8, 4) is 0 Å². The van der Waals surface area contributed by atoms with E-state index in [1.54, 1.807) is 10.6 Å². The van der Waals surface area contributed by atoms with E-state index in [2.05, 4.69) is 15.5 Å². The number of aryl methyl sites for hydroxylation is 2. The third-order valence-corrected chi connectivity index (χ3v) is 6.00. The number of fused-ring (bicyclic) bond motifs is 1. The average Bonchev–Trinajstić information content (AvgIpc) is 2.85. The van der Waals surface area contributed by atoms with E-state index < -0.39 is 11.0 Å². The Bertz CT molecular complexity index is 784. The molecule has 0 radical (unpaired) electrons. The summed E-state index contributed by atoms with van der Waals surface area (Å²) in [6.07, 6.45) is 1.63. The van der Waals surface area contributed by atoms with Gasteiger partial charge in [0.25, 0.3) is 5.91 Å². The molecule has 24 heavy (non-hydrogen) atoms. The number of thiophene rings is 1. The molecule has 2 aromatic heterocycles. The van der Waals surface area contributed by atoms with Gasteiger partial charge in [-0.25, -0.2) is 8.51 Å². The number of aromatic nitrogens is 2. The molecule has 1 saturated heterocycles. The summed E-state index contributed by atoms with van der Waals surface area (Å²) in [7, 11) is -0.984. The smallest absolute Gasteiger partial charge is 0.263 e. The first-order valence-corrected chi connectivity index (χ1v) is 10.1. The zero-order chi connectivity index (χ0) is 18.0. The predicted octanol–water partition coefficient (Wildman–Crippen LogP) is 1.62. The molecule has 2 aromatic rings. The highest BCUT2D eigenvalue weighted by molar-refractivity contribution is 7.81. The largest absolute Gasteiger partial charge is 0.397 e. The summed E-state index contributed by atoms with van der Waals surface area (Å²) in [5.74, 6) is -0.205. The minimum atomic E-state index is -0.984. The summed E-state index contributed by atoms with van der Waals surface area (Å²) < 4.78 is 13.0. The highest BCUT2D eigenvalue weighted by atomic mass is 32.2. The maximum Gasteiger partial charge on any atom is 0.263 e. The Labute approximate surface area is 148 Å². The minimum absolute atomic E-state index is 0.00919. The van der Waals surface area contributed by atoms with Crippen LogP contribution in [0.2, 0.25) is 0 Å². The summed E-state index contributed by atoms with van der Waals surface area (Å²) in [5, 5.41) is 11.9. The number of hydrogen-bond acceptors (Lipinski definition) is 6. The lowest BCUT2D eigenvalue weighted by atomic mass is 10.1. The summed E-state index contributed by atoms with van der Waals surface area (Å²) >= 11 is 1.25. The fraction of sp³-hybridized carbons (Fsp3) is 0.533. The van der Waals surface area contributed by atoms with Crippen molar-refractivity contribution in [1.82, 2.24) is 19.8 Å². The second-order valence-corrected chi connectivity index (χ2v) is 7.74. The zero-order valence-electron chi connectivity index (χ0n) is 14.5. The van der Waals surface area contributed by atoms with E-state index >= 15 is 0 Å². The van der Waals surface area contributed by atoms with Gasteiger partial charge in [-0.2, -0.15) is 5.10 Å². The highest BCUT2D eigenvalue weighted by Crippen LogP contribution is 2.34. The van der Waals surface area contributed by atoms with Gasteiger partial charge in [0.15, 0.2) is 0 Å². The molecule has 1 aliphatic heterocycles. The van der Waals surface area contributed by atoms with E-state index in [0.29, 0.717) is 28.5 Å². The molecule has 1 fully saturated rings. The minimum Gasteiger partial charge on any atom is -0.397 e. The van der Waals surface area contributed by atoms with Crippen LogP contribution in [0.5, 0.6) is 0 Å². The number of nitrogen functional groups attached to an aromatic ring is 1. The Morgan fingerprint density at radius 1 is 1.33 bits per heavy atom. The predicted molar refractivity (Wildman–Crippen MR) is 99.5 cm³/mol. The van der Waals surface area contributed by atoms with Crippen molar-refractivity contribution >= 4 is 44.1 Å². The van der Waals surface area contributed by atoms with Gasteiger partial charge in [0.1, 0.15) is 9.71 Å². The maximum absolute atomic E-state index is 12.4. The fourth-order valence-corrected chi connectivity index (χ4v) is 4.18. The molecule has 1 atom stereocenters. The molecule has 3 N–H and O–H groups in total. The normalized spacial score (nSPS) is 16.2. The van der Waals surface area contributed by atoms with Crippen LogP contribution in [-0.4, -0.2) is 50.0 Å². The molecule has 0 spiro atoms. The van der Waals surface area contributed by atoms with Gasteiger partial charge >= 0.3 is 0 Å². The number of anilines is 1. The number of nitrogens with zero attached hydrogens (tertiary/aromatic N) is 3. The van der Waals surface area contributed by atoms with Gasteiger partial charge in [0.2, 0.25) is 0 Å². The van der Waals surface area contributed by atoms with Gasteiger partial charge in [-0.15, -0.1) is 16.4 Å². The Morgan fingerprint density at radius 3 is 2.54 bits per heavy atom. The van der Waals surface area contributed by atoms with Crippen molar-refractivity contribution in [2.75, 3.05) is 25.1 Å². The van der Waals surface area contributed by atoms with Crippen LogP contribution in [0.1, 0.15) is 34.8 Å². The van der Waals surface area contributed by atoms with E-state index in [-0.39, 0.29) is 11.9 Å².